The van der Waals surface area contributed by atoms with Gasteiger partial charge in [-0.05, 0) is 86.0 Å². The highest BCUT2D eigenvalue weighted by Gasteiger charge is 2.46. The van der Waals surface area contributed by atoms with Gasteiger partial charge in [0.2, 0.25) is 0 Å². The maximum absolute atomic E-state index is 5.08. The van der Waals surface area contributed by atoms with Gasteiger partial charge in [0, 0.05) is 36.9 Å². The van der Waals surface area contributed by atoms with Gasteiger partial charge in [-0.15, -0.1) is 11.3 Å². The molecule has 0 radical (unpaired) electrons. The summed E-state index contributed by atoms with van der Waals surface area (Å²) in [6.07, 6.45) is 0. The van der Waals surface area contributed by atoms with E-state index >= 15 is 0 Å². The fourth-order valence-corrected chi connectivity index (χ4v) is 10.6. The Bertz CT molecular complexity index is 3400. The van der Waals surface area contributed by atoms with Crippen molar-refractivity contribution in [2.75, 3.05) is 0 Å². The standard InChI is InChI=1S/C58H37N3S/c1-4-15-38(16-5-1)42-19-14-20-44(35-42)57-60-55(40-17-6-2-7-18-40)59-56(61-57)41-29-27-39(28-30-41)43-31-33-53-49(36-43)50-37-46(32-34-54(50)62-53)58(45-21-8-3-9-22-45)51-25-12-10-23-47(51)48-24-11-13-26-52(48)58/h1-37H. The van der Waals surface area contributed by atoms with E-state index in [4.69, 9.17) is 15.0 Å². The van der Waals surface area contributed by atoms with E-state index in [1.165, 1.54) is 59.1 Å². The van der Waals surface area contributed by atoms with Crippen LogP contribution in [0, 0.1) is 0 Å². The Balaban J connectivity index is 0.948. The Hall–Kier alpha value is -7.79. The average molecular weight is 808 g/mol. The minimum absolute atomic E-state index is 0.440. The molecule has 0 bridgehead atoms. The number of rotatable bonds is 7. The van der Waals surface area contributed by atoms with Gasteiger partial charge in [0.15, 0.2) is 17.5 Å². The Kier molecular flexibility index (Phi) is 8.58. The van der Waals surface area contributed by atoms with Crippen molar-refractivity contribution in [1.29, 1.82) is 0 Å². The van der Waals surface area contributed by atoms with Gasteiger partial charge in [-0.3, -0.25) is 0 Å². The minimum atomic E-state index is -0.440. The molecule has 0 aliphatic heterocycles. The lowest BCUT2D eigenvalue weighted by molar-refractivity contribution is 0.770. The second-order valence-corrected chi connectivity index (χ2v) is 17.0. The number of hydrogen-bond acceptors (Lipinski definition) is 4. The highest BCUT2D eigenvalue weighted by atomic mass is 32.1. The molecule has 2 aromatic heterocycles. The Morgan fingerprint density at radius 3 is 1.39 bits per heavy atom. The van der Waals surface area contributed by atoms with Gasteiger partial charge in [0.25, 0.3) is 0 Å². The van der Waals surface area contributed by atoms with Crippen LogP contribution in [0.2, 0.25) is 0 Å². The minimum Gasteiger partial charge on any atom is -0.208 e. The predicted molar refractivity (Wildman–Crippen MR) is 257 cm³/mol. The molecule has 12 rings (SSSR count). The van der Waals surface area contributed by atoms with E-state index in [2.05, 4.69) is 188 Å². The van der Waals surface area contributed by atoms with Crippen LogP contribution in [0.15, 0.2) is 224 Å². The van der Waals surface area contributed by atoms with Crippen molar-refractivity contribution in [2.24, 2.45) is 0 Å². The first-order chi connectivity index (χ1) is 30.7. The third-order valence-electron chi connectivity index (χ3n) is 12.4. The van der Waals surface area contributed by atoms with Gasteiger partial charge < -0.3 is 0 Å². The van der Waals surface area contributed by atoms with Crippen LogP contribution in [-0.4, -0.2) is 15.0 Å². The van der Waals surface area contributed by atoms with Crippen molar-refractivity contribution in [3.63, 3.8) is 0 Å². The van der Waals surface area contributed by atoms with Gasteiger partial charge in [0.05, 0.1) is 5.41 Å². The van der Waals surface area contributed by atoms with Crippen molar-refractivity contribution in [3.8, 4) is 67.5 Å². The van der Waals surface area contributed by atoms with Gasteiger partial charge in [-0.1, -0.05) is 194 Å². The summed E-state index contributed by atoms with van der Waals surface area (Å²) in [7, 11) is 0. The largest absolute Gasteiger partial charge is 0.208 e. The molecular weight excluding hydrogens is 771 g/mol. The second-order valence-electron chi connectivity index (χ2n) is 15.9. The summed E-state index contributed by atoms with van der Waals surface area (Å²) in [4.78, 5) is 15.1. The third kappa shape index (κ3) is 5.91. The summed E-state index contributed by atoms with van der Waals surface area (Å²) in [5.41, 5.74) is 14.8. The monoisotopic (exact) mass is 807 g/mol. The molecule has 1 aliphatic carbocycles. The zero-order valence-electron chi connectivity index (χ0n) is 33.6. The number of hydrogen-bond donors (Lipinski definition) is 0. The van der Waals surface area contributed by atoms with Gasteiger partial charge in [-0.2, -0.15) is 0 Å². The van der Waals surface area contributed by atoms with E-state index in [1.54, 1.807) is 0 Å². The number of thiophene rings is 1. The maximum Gasteiger partial charge on any atom is 0.164 e. The average Bonchev–Trinajstić information content (AvgIpc) is 3.88. The summed E-state index contributed by atoms with van der Waals surface area (Å²) in [6.45, 7) is 0. The zero-order chi connectivity index (χ0) is 41.0. The third-order valence-corrected chi connectivity index (χ3v) is 13.6. The molecule has 0 N–H and O–H groups in total. The molecule has 0 amide bonds. The predicted octanol–water partition coefficient (Wildman–Crippen LogP) is 14.9. The number of aromatic nitrogens is 3. The molecule has 11 aromatic rings. The van der Waals surface area contributed by atoms with Crippen molar-refractivity contribution in [3.05, 3.63) is 247 Å². The Labute approximate surface area is 364 Å². The lowest BCUT2D eigenvalue weighted by atomic mass is 9.67. The van der Waals surface area contributed by atoms with Crippen LogP contribution in [0.5, 0.6) is 0 Å². The van der Waals surface area contributed by atoms with Gasteiger partial charge in [-0.25, -0.2) is 15.0 Å². The number of benzene rings is 9. The van der Waals surface area contributed by atoms with Crippen molar-refractivity contribution in [1.82, 2.24) is 15.0 Å². The smallest absolute Gasteiger partial charge is 0.164 e. The van der Waals surface area contributed by atoms with Crippen LogP contribution < -0.4 is 0 Å². The van der Waals surface area contributed by atoms with E-state index < -0.39 is 5.41 Å². The normalized spacial score (nSPS) is 12.6. The first-order valence-electron chi connectivity index (χ1n) is 21.0. The number of nitrogens with zero attached hydrogens (tertiary/aromatic N) is 3. The maximum atomic E-state index is 5.08. The van der Waals surface area contributed by atoms with Crippen LogP contribution in [0.25, 0.3) is 87.7 Å². The lowest BCUT2D eigenvalue weighted by Gasteiger charge is -2.34. The zero-order valence-corrected chi connectivity index (χ0v) is 34.4. The molecule has 0 fully saturated rings. The molecule has 0 unspecified atom stereocenters. The summed E-state index contributed by atoms with van der Waals surface area (Å²) in [6, 6.07) is 80.6. The van der Waals surface area contributed by atoms with Crippen molar-refractivity contribution < 1.29 is 0 Å². The molecule has 0 atom stereocenters. The van der Waals surface area contributed by atoms with E-state index in [0.717, 1.165) is 33.4 Å². The second kappa shape index (κ2) is 14.7. The van der Waals surface area contributed by atoms with E-state index in [1.807, 2.05) is 47.7 Å². The highest BCUT2D eigenvalue weighted by molar-refractivity contribution is 7.25. The first kappa shape index (κ1) is 36.1. The van der Waals surface area contributed by atoms with Crippen LogP contribution >= 0.6 is 11.3 Å². The van der Waals surface area contributed by atoms with Gasteiger partial charge >= 0.3 is 0 Å². The summed E-state index contributed by atoms with van der Waals surface area (Å²) < 4.78 is 2.56. The SMILES string of the molecule is c1ccc(-c2cccc(-c3nc(-c4ccccc4)nc(-c4ccc(-c5ccc6sc7ccc(C8(c9ccccc9)c9ccccc9-c9ccccc98)cc7c6c5)cc4)n3)c2)cc1. The van der Waals surface area contributed by atoms with Crippen molar-refractivity contribution in [2.45, 2.75) is 5.41 Å². The molecule has 0 saturated heterocycles. The van der Waals surface area contributed by atoms with Crippen LogP contribution in [0.3, 0.4) is 0 Å². The quantitative estimate of drug-likeness (QED) is 0.161. The van der Waals surface area contributed by atoms with E-state index in [-0.39, 0.29) is 0 Å². The van der Waals surface area contributed by atoms with Crippen molar-refractivity contribution >= 4 is 31.5 Å². The Morgan fingerprint density at radius 1 is 0.290 bits per heavy atom. The molecule has 0 spiro atoms. The summed E-state index contributed by atoms with van der Waals surface area (Å²) in [5, 5.41) is 2.55. The van der Waals surface area contributed by atoms with Crippen LogP contribution in [-0.2, 0) is 5.41 Å². The highest BCUT2D eigenvalue weighted by Crippen LogP contribution is 2.56. The van der Waals surface area contributed by atoms with Gasteiger partial charge in [0.1, 0.15) is 0 Å². The lowest BCUT2D eigenvalue weighted by Crippen LogP contribution is -2.28. The van der Waals surface area contributed by atoms with E-state index in [0.29, 0.717) is 17.5 Å². The molecule has 9 aromatic carbocycles. The topological polar surface area (TPSA) is 38.7 Å². The Morgan fingerprint density at radius 2 is 0.726 bits per heavy atom. The fraction of sp³-hybridized carbons (Fsp3) is 0.0172. The fourth-order valence-electron chi connectivity index (χ4n) is 9.53. The first-order valence-corrected chi connectivity index (χ1v) is 21.8. The van der Waals surface area contributed by atoms with Crippen LogP contribution in [0.1, 0.15) is 22.3 Å². The molecule has 2 heterocycles. The molecule has 3 nitrogen and oxygen atoms in total. The van der Waals surface area contributed by atoms with E-state index in [9.17, 15) is 0 Å². The molecular formula is C58H37N3S. The molecule has 62 heavy (non-hydrogen) atoms. The summed E-state index contributed by atoms with van der Waals surface area (Å²) in [5.74, 6) is 1.93. The molecule has 0 saturated carbocycles. The number of fused-ring (bicyclic) bond motifs is 6. The molecule has 1 aliphatic rings. The molecule has 4 heteroatoms. The van der Waals surface area contributed by atoms with Crippen LogP contribution in [0.4, 0.5) is 0 Å². The molecule has 290 valence electrons. The summed E-state index contributed by atoms with van der Waals surface area (Å²) >= 11 is 1.86.